The predicted octanol–water partition coefficient (Wildman–Crippen LogP) is 1.65. The van der Waals surface area contributed by atoms with Gasteiger partial charge in [0.15, 0.2) is 0 Å². The minimum absolute atomic E-state index is 0.0568. The van der Waals surface area contributed by atoms with Crippen LogP contribution in [0, 0.1) is 5.92 Å². The Labute approximate surface area is 148 Å². The second-order valence-corrected chi connectivity index (χ2v) is 8.57. The Hall–Kier alpha value is -1.93. The fourth-order valence-corrected chi connectivity index (χ4v) is 4.19. The smallest absolute Gasteiger partial charge is 0.308 e. The predicted molar refractivity (Wildman–Crippen MR) is 92.8 cm³/mol. The Bertz CT molecular complexity index is 760. The lowest BCUT2D eigenvalue weighted by Crippen LogP contribution is -2.42. The molecule has 7 nitrogen and oxygen atoms in total. The molecule has 1 aromatic carbocycles. The van der Waals surface area contributed by atoms with Crippen molar-refractivity contribution in [3.05, 3.63) is 29.8 Å². The summed E-state index contributed by atoms with van der Waals surface area (Å²) in [6.45, 7) is 4.17. The van der Waals surface area contributed by atoms with Gasteiger partial charge in [0, 0.05) is 31.7 Å². The quantitative estimate of drug-likeness (QED) is 0.853. The number of hydrogen-bond donors (Lipinski definition) is 1. The van der Waals surface area contributed by atoms with Gasteiger partial charge in [-0.2, -0.15) is 4.31 Å². The summed E-state index contributed by atoms with van der Waals surface area (Å²) < 4.78 is 26.4. The van der Waals surface area contributed by atoms with Crippen LogP contribution in [0.15, 0.2) is 29.2 Å². The lowest BCUT2D eigenvalue weighted by Gasteiger charge is -2.31. The van der Waals surface area contributed by atoms with Crippen LogP contribution in [-0.2, 0) is 14.8 Å². The van der Waals surface area contributed by atoms with Crippen LogP contribution in [0.5, 0.6) is 0 Å². The van der Waals surface area contributed by atoms with Gasteiger partial charge in [0.05, 0.1) is 10.8 Å². The van der Waals surface area contributed by atoms with Crippen molar-refractivity contribution in [3.8, 4) is 0 Å². The minimum Gasteiger partial charge on any atom is -0.481 e. The molecule has 0 aromatic heterocycles. The summed E-state index contributed by atoms with van der Waals surface area (Å²) in [7, 11) is -2.18. The highest BCUT2D eigenvalue weighted by molar-refractivity contribution is 7.89. The molecule has 8 heteroatoms. The Morgan fingerprint density at radius 2 is 2.00 bits per heavy atom. The van der Waals surface area contributed by atoms with Crippen LogP contribution in [0.25, 0.3) is 0 Å². The highest BCUT2D eigenvalue weighted by Crippen LogP contribution is 2.22. The SMILES string of the molecule is CC(C)N(C)S(=O)(=O)c1cccc(C(=O)N2CCCC(C(=O)O)C2)c1. The fourth-order valence-electron chi connectivity index (χ4n) is 2.78. The van der Waals surface area contributed by atoms with E-state index in [9.17, 15) is 18.0 Å². The van der Waals surface area contributed by atoms with Crippen molar-refractivity contribution in [2.24, 2.45) is 5.92 Å². The maximum absolute atomic E-state index is 12.7. The third-order valence-corrected chi connectivity index (χ3v) is 6.57. The topological polar surface area (TPSA) is 95.0 Å². The van der Waals surface area contributed by atoms with E-state index in [0.717, 1.165) is 0 Å². The molecular weight excluding hydrogens is 344 g/mol. The maximum atomic E-state index is 12.7. The number of aliphatic carboxylic acids is 1. The van der Waals surface area contributed by atoms with E-state index in [1.165, 1.54) is 34.5 Å². The number of hydrogen-bond acceptors (Lipinski definition) is 4. The molecule has 1 saturated heterocycles. The van der Waals surface area contributed by atoms with E-state index in [-0.39, 0.29) is 29.0 Å². The van der Waals surface area contributed by atoms with Crippen LogP contribution < -0.4 is 0 Å². The molecule has 2 rings (SSSR count). The first-order valence-corrected chi connectivity index (χ1v) is 9.68. The summed E-state index contributed by atoms with van der Waals surface area (Å²) in [5.41, 5.74) is 0.254. The fraction of sp³-hybridized carbons (Fsp3) is 0.529. The number of likely N-dealkylation sites (tertiary alicyclic amines) is 1. The number of carboxylic acid groups (broad SMARTS) is 1. The summed E-state index contributed by atoms with van der Waals surface area (Å²) in [6.07, 6.45) is 1.17. The van der Waals surface area contributed by atoms with Crippen LogP contribution in [0.1, 0.15) is 37.0 Å². The van der Waals surface area contributed by atoms with E-state index in [2.05, 4.69) is 0 Å². The molecule has 1 aliphatic rings. The van der Waals surface area contributed by atoms with Crippen LogP contribution in [0.3, 0.4) is 0 Å². The first-order valence-electron chi connectivity index (χ1n) is 8.24. The summed E-state index contributed by atoms with van der Waals surface area (Å²) in [4.78, 5) is 25.4. The minimum atomic E-state index is -3.68. The zero-order chi connectivity index (χ0) is 18.8. The number of piperidine rings is 1. The number of carbonyl (C=O) groups is 2. The normalized spacial score (nSPS) is 18.6. The number of nitrogens with zero attached hydrogens (tertiary/aromatic N) is 2. The average Bonchev–Trinajstić information content (AvgIpc) is 2.60. The lowest BCUT2D eigenvalue weighted by atomic mass is 9.97. The van der Waals surface area contributed by atoms with Crippen LogP contribution >= 0.6 is 0 Å². The van der Waals surface area contributed by atoms with Crippen molar-refractivity contribution in [1.82, 2.24) is 9.21 Å². The van der Waals surface area contributed by atoms with E-state index in [4.69, 9.17) is 5.11 Å². The van der Waals surface area contributed by atoms with E-state index >= 15 is 0 Å². The number of amides is 1. The number of sulfonamides is 1. The number of carboxylic acids is 1. The Morgan fingerprint density at radius 1 is 1.32 bits per heavy atom. The number of rotatable bonds is 5. The van der Waals surface area contributed by atoms with Gasteiger partial charge in [0.1, 0.15) is 0 Å². The van der Waals surface area contributed by atoms with Gasteiger partial charge in [-0.1, -0.05) is 6.07 Å². The second kappa shape index (κ2) is 7.53. The summed E-state index contributed by atoms with van der Waals surface area (Å²) >= 11 is 0. The van der Waals surface area contributed by atoms with Gasteiger partial charge < -0.3 is 10.0 Å². The summed E-state index contributed by atoms with van der Waals surface area (Å²) in [6, 6.07) is 5.71. The highest BCUT2D eigenvalue weighted by atomic mass is 32.2. The lowest BCUT2D eigenvalue weighted by molar-refractivity contribution is -0.143. The molecule has 1 unspecified atom stereocenters. The maximum Gasteiger partial charge on any atom is 0.308 e. The van der Waals surface area contributed by atoms with E-state index in [1.54, 1.807) is 19.9 Å². The molecule has 0 spiro atoms. The largest absolute Gasteiger partial charge is 0.481 e. The Kier molecular flexibility index (Phi) is 5.84. The number of carbonyl (C=O) groups excluding carboxylic acids is 1. The van der Waals surface area contributed by atoms with Crippen LogP contribution in [0.4, 0.5) is 0 Å². The molecule has 1 N–H and O–H groups in total. The molecule has 0 saturated carbocycles. The van der Waals surface area contributed by atoms with Crippen LogP contribution in [0.2, 0.25) is 0 Å². The summed E-state index contributed by atoms with van der Waals surface area (Å²) in [5.74, 6) is -1.82. The van der Waals surface area contributed by atoms with Crippen LogP contribution in [-0.4, -0.2) is 60.8 Å². The van der Waals surface area contributed by atoms with Crippen molar-refractivity contribution in [2.45, 2.75) is 37.6 Å². The molecule has 1 heterocycles. The molecule has 0 aliphatic carbocycles. The molecule has 1 amide bonds. The van der Waals surface area contributed by atoms with Gasteiger partial charge in [0.25, 0.3) is 5.91 Å². The zero-order valence-corrected chi connectivity index (χ0v) is 15.5. The van der Waals surface area contributed by atoms with Gasteiger partial charge in [0.2, 0.25) is 10.0 Å². The third-order valence-electron chi connectivity index (χ3n) is 4.54. The van der Waals surface area contributed by atoms with E-state index in [1.807, 2.05) is 0 Å². The molecule has 1 aliphatic heterocycles. The van der Waals surface area contributed by atoms with Crippen molar-refractivity contribution >= 4 is 21.9 Å². The number of benzene rings is 1. The van der Waals surface area contributed by atoms with E-state index in [0.29, 0.717) is 19.4 Å². The van der Waals surface area contributed by atoms with Crippen molar-refractivity contribution in [3.63, 3.8) is 0 Å². The standard InChI is InChI=1S/C17H24N2O5S/c1-12(2)18(3)25(23,24)15-8-4-6-13(10-15)16(20)19-9-5-7-14(11-19)17(21)22/h4,6,8,10,12,14H,5,7,9,11H2,1-3H3,(H,21,22). The van der Waals surface area contributed by atoms with Gasteiger partial charge >= 0.3 is 5.97 Å². The van der Waals surface area contributed by atoms with Crippen molar-refractivity contribution < 1.29 is 23.1 Å². The van der Waals surface area contributed by atoms with E-state index < -0.39 is 21.9 Å². The highest BCUT2D eigenvalue weighted by Gasteiger charge is 2.29. The van der Waals surface area contributed by atoms with Gasteiger partial charge in [-0.05, 0) is 44.9 Å². The zero-order valence-electron chi connectivity index (χ0n) is 14.7. The molecule has 0 radical (unpaired) electrons. The Balaban J connectivity index is 2.26. The molecule has 1 fully saturated rings. The monoisotopic (exact) mass is 368 g/mol. The third kappa shape index (κ3) is 4.19. The second-order valence-electron chi connectivity index (χ2n) is 6.57. The molecule has 138 valence electrons. The summed E-state index contributed by atoms with van der Waals surface area (Å²) in [5, 5.41) is 9.15. The van der Waals surface area contributed by atoms with Crippen molar-refractivity contribution in [1.29, 1.82) is 0 Å². The molecule has 0 bridgehead atoms. The Morgan fingerprint density at radius 3 is 2.60 bits per heavy atom. The first kappa shape index (κ1) is 19.4. The molecule has 1 aromatic rings. The van der Waals surface area contributed by atoms with Gasteiger partial charge in [-0.15, -0.1) is 0 Å². The first-order chi connectivity index (χ1) is 11.6. The molecule has 1 atom stereocenters. The average molecular weight is 368 g/mol. The molecule has 25 heavy (non-hydrogen) atoms. The van der Waals surface area contributed by atoms with Crippen molar-refractivity contribution in [2.75, 3.05) is 20.1 Å². The van der Waals surface area contributed by atoms with Gasteiger partial charge in [-0.3, -0.25) is 9.59 Å². The molecular formula is C17H24N2O5S. The van der Waals surface area contributed by atoms with Gasteiger partial charge in [-0.25, -0.2) is 8.42 Å².